The Morgan fingerprint density at radius 1 is 1.44 bits per heavy atom. The third-order valence-electron chi connectivity index (χ3n) is 4.57. The summed E-state index contributed by atoms with van der Waals surface area (Å²) >= 11 is 0. The lowest BCUT2D eigenvalue weighted by Gasteiger charge is -2.41. The molecule has 3 rings (SSSR count). The maximum absolute atomic E-state index is 5.72. The number of ether oxygens (including phenoxy) is 1. The van der Waals surface area contributed by atoms with Gasteiger partial charge in [0, 0.05) is 19.3 Å². The molecule has 1 atom stereocenters. The van der Waals surface area contributed by atoms with E-state index in [-0.39, 0.29) is 5.60 Å². The predicted molar refractivity (Wildman–Crippen MR) is 70.4 cm³/mol. The fourth-order valence-electron chi connectivity index (χ4n) is 3.17. The molecule has 0 aromatic carbocycles. The zero-order chi connectivity index (χ0) is 12.4. The highest BCUT2D eigenvalue weighted by atomic mass is 16.5. The Bertz CT molecular complexity index is 386. The molecule has 1 unspecified atom stereocenters. The lowest BCUT2D eigenvalue weighted by Crippen LogP contribution is -2.43. The minimum Gasteiger partial charge on any atom is -0.376 e. The largest absolute Gasteiger partial charge is 0.376 e. The molecule has 1 N–H and O–H groups in total. The van der Waals surface area contributed by atoms with Crippen molar-refractivity contribution in [2.24, 2.45) is 0 Å². The molecule has 1 aliphatic carbocycles. The Labute approximate surface area is 109 Å². The summed E-state index contributed by atoms with van der Waals surface area (Å²) in [6.45, 7) is 2.09. The van der Waals surface area contributed by atoms with Crippen LogP contribution in [0.25, 0.3) is 0 Å². The van der Waals surface area contributed by atoms with Crippen LogP contribution in [0, 0.1) is 0 Å². The van der Waals surface area contributed by atoms with Gasteiger partial charge in [-0.1, -0.05) is 6.42 Å². The van der Waals surface area contributed by atoms with Crippen LogP contribution < -0.4 is 5.32 Å². The second-order valence-corrected chi connectivity index (χ2v) is 5.69. The van der Waals surface area contributed by atoms with Gasteiger partial charge in [-0.25, -0.2) is 4.98 Å². The van der Waals surface area contributed by atoms with Crippen LogP contribution in [0.4, 0.5) is 0 Å². The Kier molecular flexibility index (Phi) is 3.39. The van der Waals surface area contributed by atoms with Gasteiger partial charge in [0.15, 0.2) is 0 Å². The fraction of sp³-hybridized carbons (Fsp3) is 0.786. The highest BCUT2D eigenvalue weighted by Gasteiger charge is 2.38. The minimum atomic E-state index is 0.0735. The van der Waals surface area contributed by atoms with E-state index >= 15 is 0 Å². The molecule has 100 valence electrons. The van der Waals surface area contributed by atoms with Gasteiger partial charge in [-0.2, -0.15) is 0 Å². The minimum absolute atomic E-state index is 0.0735. The summed E-state index contributed by atoms with van der Waals surface area (Å²) in [5.41, 5.74) is 1.41. The molecule has 18 heavy (non-hydrogen) atoms. The zero-order valence-electron chi connectivity index (χ0n) is 11.2. The van der Waals surface area contributed by atoms with Crippen molar-refractivity contribution in [1.82, 2.24) is 14.9 Å². The van der Waals surface area contributed by atoms with Gasteiger partial charge in [0.1, 0.15) is 0 Å². The van der Waals surface area contributed by atoms with Gasteiger partial charge in [0.2, 0.25) is 0 Å². The molecule has 0 amide bonds. The van der Waals surface area contributed by atoms with E-state index in [9.17, 15) is 0 Å². The summed E-state index contributed by atoms with van der Waals surface area (Å²) in [6.07, 6.45) is 11.5. The van der Waals surface area contributed by atoms with E-state index < -0.39 is 0 Å². The fourth-order valence-corrected chi connectivity index (χ4v) is 3.17. The molecule has 2 aliphatic rings. The van der Waals surface area contributed by atoms with Gasteiger partial charge in [0.05, 0.1) is 24.2 Å². The quantitative estimate of drug-likeness (QED) is 0.889. The van der Waals surface area contributed by atoms with Crippen LogP contribution in [0.2, 0.25) is 0 Å². The van der Waals surface area contributed by atoms with E-state index in [4.69, 9.17) is 4.74 Å². The molecule has 0 bridgehead atoms. The number of aromatic nitrogens is 2. The number of nitrogens with zero attached hydrogens (tertiary/aromatic N) is 2. The maximum atomic E-state index is 5.72. The highest BCUT2D eigenvalue weighted by molar-refractivity contribution is 5.08. The number of imidazole rings is 1. The van der Waals surface area contributed by atoms with Crippen molar-refractivity contribution in [2.45, 2.75) is 56.7 Å². The standard InChI is InChI=1S/C14H23N3O/c1-18-14(6-4-7-14)10-17-11-15-9-13(17)12-5-2-3-8-16-12/h9,11-12,16H,2-8,10H2,1H3. The predicted octanol–water partition coefficient (Wildman–Crippen LogP) is 2.27. The molecular formula is C14H23N3O. The van der Waals surface area contributed by atoms with Crippen molar-refractivity contribution < 1.29 is 4.74 Å². The molecule has 1 saturated carbocycles. The van der Waals surface area contributed by atoms with Gasteiger partial charge in [-0.15, -0.1) is 0 Å². The van der Waals surface area contributed by atoms with Crippen LogP contribution in [0.3, 0.4) is 0 Å². The van der Waals surface area contributed by atoms with Gasteiger partial charge < -0.3 is 14.6 Å². The SMILES string of the molecule is COC1(Cn2cncc2C2CCCCN2)CCC1. The molecule has 4 nitrogen and oxygen atoms in total. The highest BCUT2D eigenvalue weighted by Crippen LogP contribution is 2.37. The van der Waals surface area contributed by atoms with E-state index in [1.807, 2.05) is 19.6 Å². The summed E-state index contributed by atoms with van der Waals surface area (Å²) < 4.78 is 8.02. The van der Waals surface area contributed by atoms with Crippen molar-refractivity contribution in [3.63, 3.8) is 0 Å². The van der Waals surface area contributed by atoms with Crippen LogP contribution >= 0.6 is 0 Å². The second kappa shape index (κ2) is 5.02. The molecule has 0 radical (unpaired) electrons. The second-order valence-electron chi connectivity index (χ2n) is 5.69. The molecule has 0 spiro atoms. The summed E-state index contributed by atoms with van der Waals surface area (Å²) in [4.78, 5) is 4.34. The average Bonchev–Trinajstić information content (AvgIpc) is 2.83. The van der Waals surface area contributed by atoms with Crippen LogP contribution in [-0.2, 0) is 11.3 Å². The number of rotatable bonds is 4. The summed E-state index contributed by atoms with van der Waals surface area (Å²) in [7, 11) is 1.84. The monoisotopic (exact) mass is 249 g/mol. The van der Waals surface area contributed by atoms with Crippen LogP contribution in [0.15, 0.2) is 12.5 Å². The van der Waals surface area contributed by atoms with Crippen molar-refractivity contribution >= 4 is 0 Å². The Morgan fingerprint density at radius 2 is 2.33 bits per heavy atom. The van der Waals surface area contributed by atoms with E-state index in [1.165, 1.54) is 44.2 Å². The Balaban J connectivity index is 1.74. The van der Waals surface area contributed by atoms with Gasteiger partial charge >= 0.3 is 0 Å². The molecule has 2 heterocycles. The Hall–Kier alpha value is -0.870. The maximum Gasteiger partial charge on any atom is 0.0949 e. The van der Waals surface area contributed by atoms with Crippen molar-refractivity contribution in [1.29, 1.82) is 0 Å². The van der Waals surface area contributed by atoms with Crippen molar-refractivity contribution in [3.8, 4) is 0 Å². The van der Waals surface area contributed by atoms with E-state index in [1.54, 1.807) is 0 Å². The van der Waals surface area contributed by atoms with Crippen LogP contribution in [-0.4, -0.2) is 28.8 Å². The number of piperidine rings is 1. The smallest absolute Gasteiger partial charge is 0.0949 e. The molecule has 2 fully saturated rings. The molecule has 1 aromatic heterocycles. The summed E-state index contributed by atoms with van der Waals surface area (Å²) in [5.74, 6) is 0. The van der Waals surface area contributed by atoms with Crippen molar-refractivity contribution in [2.75, 3.05) is 13.7 Å². The third kappa shape index (κ3) is 2.19. The topological polar surface area (TPSA) is 39.1 Å². The van der Waals surface area contributed by atoms with Gasteiger partial charge in [0.25, 0.3) is 0 Å². The van der Waals surface area contributed by atoms with E-state index in [0.717, 1.165) is 13.1 Å². The Morgan fingerprint density at radius 3 is 2.94 bits per heavy atom. The lowest BCUT2D eigenvalue weighted by molar-refractivity contribution is -0.0841. The molecule has 1 aromatic rings. The lowest BCUT2D eigenvalue weighted by atomic mass is 9.80. The first-order chi connectivity index (χ1) is 8.83. The average molecular weight is 249 g/mol. The zero-order valence-corrected chi connectivity index (χ0v) is 11.2. The van der Waals surface area contributed by atoms with Gasteiger partial charge in [-0.05, 0) is 38.6 Å². The van der Waals surface area contributed by atoms with Crippen molar-refractivity contribution in [3.05, 3.63) is 18.2 Å². The van der Waals surface area contributed by atoms with Crippen LogP contribution in [0.5, 0.6) is 0 Å². The first kappa shape index (κ1) is 12.2. The number of methoxy groups -OCH3 is 1. The summed E-state index contributed by atoms with van der Waals surface area (Å²) in [5, 5.41) is 3.60. The van der Waals surface area contributed by atoms with Gasteiger partial charge in [-0.3, -0.25) is 0 Å². The molecule has 1 saturated heterocycles. The van der Waals surface area contributed by atoms with E-state index in [2.05, 4.69) is 14.9 Å². The molecule has 4 heteroatoms. The number of hydrogen-bond acceptors (Lipinski definition) is 3. The first-order valence-electron chi connectivity index (χ1n) is 7.12. The number of hydrogen-bond donors (Lipinski definition) is 1. The normalized spacial score (nSPS) is 26.8. The molecular weight excluding hydrogens is 226 g/mol. The van der Waals surface area contributed by atoms with E-state index in [0.29, 0.717) is 6.04 Å². The summed E-state index contributed by atoms with van der Waals surface area (Å²) in [6, 6.07) is 0.482. The first-order valence-corrected chi connectivity index (χ1v) is 7.12. The third-order valence-corrected chi connectivity index (χ3v) is 4.57. The molecule has 1 aliphatic heterocycles. The number of nitrogens with one attached hydrogen (secondary N) is 1. The van der Waals surface area contributed by atoms with Crippen LogP contribution in [0.1, 0.15) is 50.3 Å².